The lowest BCUT2D eigenvalue weighted by atomic mass is 10.2. The minimum atomic E-state index is -4.07. The normalized spacial score (nSPS) is 11.1. The van der Waals surface area contributed by atoms with Crippen LogP contribution < -0.4 is 19.6 Å². The molecule has 0 atom stereocenters. The molecule has 0 bridgehead atoms. The van der Waals surface area contributed by atoms with Gasteiger partial charge in [0.15, 0.2) is 11.5 Å². The number of carbonyl (C=O) groups is 1. The summed E-state index contributed by atoms with van der Waals surface area (Å²) < 4.78 is 40.7. The van der Waals surface area contributed by atoms with Crippen molar-refractivity contribution in [3.05, 3.63) is 48.0 Å². The van der Waals surface area contributed by atoms with Crippen LogP contribution in [0.5, 0.6) is 11.5 Å². The molecule has 2 aromatic carbocycles. The molecule has 0 spiro atoms. The van der Waals surface area contributed by atoms with Crippen LogP contribution >= 0.6 is 0 Å². The van der Waals surface area contributed by atoms with Gasteiger partial charge in [-0.1, -0.05) is 6.07 Å². The molecule has 0 heterocycles. The minimum Gasteiger partial charge on any atom is -0.493 e. The number of nitrogens with one attached hydrogen (secondary N) is 2. The summed E-state index contributed by atoms with van der Waals surface area (Å²) in [5.41, 5.74) is 1.33. The number of rotatable bonds is 10. The monoisotopic (exact) mass is 408 g/mol. The molecule has 0 aliphatic rings. The predicted molar refractivity (Wildman–Crippen MR) is 105 cm³/mol. The van der Waals surface area contributed by atoms with Crippen LogP contribution in [-0.4, -0.2) is 41.7 Å². The van der Waals surface area contributed by atoms with E-state index in [1.54, 1.807) is 19.2 Å². The van der Waals surface area contributed by atoms with E-state index in [2.05, 4.69) is 10.6 Å². The molecule has 9 heteroatoms. The second-order valence-electron chi connectivity index (χ2n) is 5.90. The first-order chi connectivity index (χ1) is 13.4. The molecule has 0 aliphatic carbocycles. The van der Waals surface area contributed by atoms with Crippen molar-refractivity contribution < 1.29 is 26.9 Å². The Kier molecular flexibility index (Phi) is 7.80. The number of methoxy groups -OCH3 is 2. The summed E-state index contributed by atoms with van der Waals surface area (Å²) in [5.74, 6) is 0.158. The Morgan fingerprint density at radius 2 is 1.75 bits per heavy atom. The number of amides is 1. The highest BCUT2D eigenvalue weighted by Gasteiger charge is 2.19. The lowest BCUT2D eigenvalue weighted by Crippen LogP contribution is -2.18. The van der Waals surface area contributed by atoms with Gasteiger partial charge >= 0.3 is 10.1 Å². The summed E-state index contributed by atoms with van der Waals surface area (Å²) in [7, 11) is -1.01. The maximum atomic E-state index is 12.6. The molecule has 0 aliphatic heterocycles. The molecular formula is C19H24N2O6S. The molecule has 0 saturated heterocycles. The van der Waals surface area contributed by atoms with Crippen LogP contribution in [0.1, 0.15) is 12.5 Å². The highest BCUT2D eigenvalue weighted by atomic mass is 32.2. The van der Waals surface area contributed by atoms with Gasteiger partial charge in [-0.25, -0.2) is 0 Å². The number of hydrogen-bond donors (Lipinski definition) is 2. The van der Waals surface area contributed by atoms with Crippen LogP contribution in [0.25, 0.3) is 0 Å². The number of ether oxygens (including phenoxy) is 2. The predicted octanol–water partition coefficient (Wildman–Crippen LogP) is 2.16. The zero-order chi connectivity index (χ0) is 20.6. The van der Waals surface area contributed by atoms with Crippen LogP contribution in [0, 0.1) is 0 Å². The fourth-order valence-electron chi connectivity index (χ4n) is 2.38. The Morgan fingerprint density at radius 1 is 1.04 bits per heavy atom. The molecule has 0 aromatic heterocycles. The molecular weight excluding hydrogens is 384 g/mol. The fraction of sp³-hybridized carbons (Fsp3) is 0.316. The zero-order valence-electron chi connectivity index (χ0n) is 16.0. The van der Waals surface area contributed by atoms with E-state index in [-0.39, 0.29) is 16.6 Å². The largest absolute Gasteiger partial charge is 0.493 e. The molecule has 2 aromatic rings. The third-order valence-electron chi connectivity index (χ3n) is 3.70. The Bertz CT molecular complexity index is 897. The maximum absolute atomic E-state index is 12.6. The van der Waals surface area contributed by atoms with Gasteiger partial charge < -0.3 is 24.3 Å². The van der Waals surface area contributed by atoms with E-state index < -0.39 is 10.1 Å². The van der Waals surface area contributed by atoms with Gasteiger partial charge in [-0.15, -0.1) is 0 Å². The van der Waals surface area contributed by atoms with E-state index in [9.17, 15) is 13.2 Å². The maximum Gasteiger partial charge on any atom is 0.339 e. The van der Waals surface area contributed by atoms with Crippen molar-refractivity contribution in [3.63, 3.8) is 0 Å². The molecule has 1 amide bonds. The van der Waals surface area contributed by atoms with Crippen molar-refractivity contribution in [2.24, 2.45) is 0 Å². The topological polar surface area (TPSA) is 103 Å². The smallest absolute Gasteiger partial charge is 0.339 e. The van der Waals surface area contributed by atoms with Crippen LogP contribution in [0.2, 0.25) is 0 Å². The first-order valence-corrected chi connectivity index (χ1v) is 9.95. The van der Waals surface area contributed by atoms with E-state index in [1.807, 2.05) is 6.07 Å². The van der Waals surface area contributed by atoms with Gasteiger partial charge in [0.25, 0.3) is 0 Å². The zero-order valence-corrected chi connectivity index (χ0v) is 16.8. The van der Waals surface area contributed by atoms with Gasteiger partial charge in [0.2, 0.25) is 5.91 Å². The molecule has 152 valence electrons. The number of benzene rings is 2. The van der Waals surface area contributed by atoms with Crippen molar-refractivity contribution >= 4 is 21.7 Å². The van der Waals surface area contributed by atoms with Gasteiger partial charge in [0.1, 0.15) is 4.90 Å². The highest BCUT2D eigenvalue weighted by Crippen LogP contribution is 2.31. The summed E-state index contributed by atoms with van der Waals surface area (Å²) in [6.07, 6.45) is 0. The SMILES string of the molecule is COCCNCc1ccc(OC)c(OS(=O)(=O)c2ccc(NC(C)=O)cc2)c1. The number of carbonyl (C=O) groups excluding carboxylic acids is 1. The minimum absolute atomic E-state index is 0.0349. The van der Waals surface area contributed by atoms with Crippen molar-refractivity contribution in [2.45, 2.75) is 18.4 Å². The van der Waals surface area contributed by atoms with Gasteiger partial charge in [-0.05, 0) is 42.0 Å². The molecule has 8 nitrogen and oxygen atoms in total. The molecule has 0 fully saturated rings. The summed E-state index contributed by atoms with van der Waals surface area (Å²) in [6.45, 7) is 3.13. The van der Waals surface area contributed by atoms with Crippen LogP contribution in [0.15, 0.2) is 47.4 Å². The molecule has 2 rings (SSSR count). The average Bonchev–Trinajstić information content (AvgIpc) is 2.65. The Labute approximate surface area is 164 Å². The van der Waals surface area contributed by atoms with Crippen LogP contribution in [-0.2, 0) is 26.2 Å². The van der Waals surface area contributed by atoms with Crippen molar-refractivity contribution in [2.75, 3.05) is 32.7 Å². The average molecular weight is 408 g/mol. The molecule has 2 N–H and O–H groups in total. The van der Waals surface area contributed by atoms with Gasteiger partial charge in [0, 0.05) is 32.8 Å². The summed E-state index contributed by atoms with van der Waals surface area (Å²) in [6, 6.07) is 10.8. The summed E-state index contributed by atoms with van der Waals surface area (Å²) in [4.78, 5) is 11.0. The van der Waals surface area contributed by atoms with E-state index in [0.717, 1.165) is 5.56 Å². The van der Waals surface area contributed by atoms with Crippen LogP contribution in [0.4, 0.5) is 5.69 Å². The number of anilines is 1. The highest BCUT2D eigenvalue weighted by molar-refractivity contribution is 7.87. The van der Waals surface area contributed by atoms with E-state index in [1.165, 1.54) is 38.3 Å². The van der Waals surface area contributed by atoms with Gasteiger partial charge in [-0.3, -0.25) is 4.79 Å². The summed E-state index contributed by atoms with van der Waals surface area (Å²) in [5, 5.41) is 5.76. The molecule has 0 saturated carbocycles. The molecule has 0 radical (unpaired) electrons. The lowest BCUT2D eigenvalue weighted by molar-refractivity contribution is -0.114. The first kappa shape index (κ1) is 21.7. The van der Waals surface area contributed by atoms with Crippen molar-refractivity contribution in [1.82, 2.24) is 5.32 Å². The molecule has 0 unspecified atom stereocenters. The third-order valence-corrected chi connectivity index (χ3v) is 4.95. The van der Waals surface area contributed by atoms with E-state index >= 15 is 0 Å². The third kappa shape index (κ3) is 6.22. The summed E-state index contributed by atoms with van der Waals surface area (Å²) >= 11 is 0. The van der Waals surface area contributed by atoms with Crippen LogP contribution in [0.3, 0.4) is 0 Å². The second kappa shape index (κ2) is 10.1. The Hall–Kier alpha value is -2.62. The van der Waals surface area contributed by atoms with Crippen molar-refractivity contribution in [3.8, 4) is 11.5 Å². The van der Waals surface area contributed by atoms with Gasteiger partial charge in [0.05, 0.1) is 13.7 Å². The Morgan fingerprint density at radius 3 is 2.36 bits per heavy atom. The molecule has 28 heavy (non-hydrogen) atoms. The van der Waals surface area contributed by atoms with E-state index in [4.69, 9.17) is 13.7 Å². The fourth-order valence-corrected chi connectivity index (χ4v) is 3.31. The van der Waals surface area contributed by atoms with Crippen molar-refractivity contribution in [1.29, 1.82) is 0 Å². The quantitative estimate of drug-likeness (QED) is 0.459. The van der Waals surface area contributed by atoms with Gasteiger partial charge in [-0.2, -0.15) is 8.42 Å². The number of hydrogen-bond acceptors (Lipinski definition) is 7. The first-order valence-electron chi connectivity index (χ1n) is 8.54. The standard InChI is InChI=1S/C19H24N2O6S/c1-14(22)21-16-5-7-17(8-6-16)28(23,24)27-19-12-15(4-9-18(19)26-3)13-20-10-11-25-2/h4-9,12,20H,10-11,13H2,1-3H3,(H,21,22). The Balaban J connectivity index is 2.18. The van der Waals surface area contributed by atoms with E-state index in [0.29, 0.717) is 31.1 Å². The second-order valence-corrected chi connectivity index (χ2v) is 7.44. The lowest BCUT2D eigenvalue weighted by Gasteiger charge is -2.13.